The second-order valence-electron chi connectivity index (χ2n) is 4.12. The summed E-state index contributed by atoms with van der Waals surface area (Å²) >= 11 is 6.11. The minimum Gasteiger partial charge on any atom is -0.376 e. The van der Waals surface area contributed by atoms with Crippen LogP contribution in [-0.2, 0) is 17.8 Å². The molecule has 0 radical (unpaired) electrons. The molecule has 0 spiro atoms. The lowest BCUT2D eigenvalue weighted by molar-refractivity contribution is 0.108. The molecule has 1 aromatic carbocycles. The maximum absolute atomic E-state index is 12.0. The SMILES string of the molecule is O=c1[nH]c(-c2ccccc2Cl)nc2c1COCC2. The number of fused-ring (bicyclic) bond motifs is 1. The summed E-state index contributed by atoms with van der Waals surface area (Å²) in [4.78, 5) is 19.2. The summed E-state index contributed by atoms with van der Waals surface area (Å²) in [6.45, 7) is 0.936. The molecule has 5 heteroatoms. The number of H-pyrrole nitrogens is 1. The first-order valence-corrected chi connectivity index (χ1v) is 6.08. The fraction of sp³-hybridized carbons (Fsp3) is 0.231. The van der Waals surface area contributed by atoms with Crippen molar-refractivity contribution >= 4 is 11.6 Å². The van der Waals surface area contributed by atoms with E-state index in [1.807, 2.05) is 18.2 Å². The predicted octanol–water partition coefficient (Wildman–Crippen LogP) is 2.16. The lowest BCUT2D eigenvalue weighted by atomic mass is 10.1. The Labute approximate surface area is 109 Å². The first-order chi connectivity index (χ1) is 8.75. The van der Waals surface area contributed by atoms with E-state index < -0.39 is 0 Å². The maximum atomic E-state index is 12.0. The highest BCUT2D eigenvalue weighted by atomic mass is 35.5. The molecule has 0 unspecified atom stereocenters. The monoisotopic (exact) mass is 262 g/mol. The van der Waals surface area contributed by atoms with Gasteiger partial charge in [0.15, 0.2) is 0 Å². The Morgan fingerprint density at radius 3 is 3.00 bits per heavy atom. The van der Waals surface area contributed by atoms with Crippen LogP contribution in [0.1, 0.15) is 11.3 Å². The molecule has 2 aromatic rings. The van der Waals surface area contributed by atoms with Crippen molar-refractivity contribution in [1.82, 2.24) is 9.97 Å². The van der Waals surface area contributed by atoms with Gasteiger partial charge in [0.25, 0.3) is 5.56 Å². The summed E-state index contributed by atoms with van der Waals surface area (Å²) in [5.41, 5.74) is 2.03. The van der Waals surface area contributed by atoms with E-state index in [9.17, 15) is 4.79 Å². The summed E-state index contributed by atoms with van der Waals surface area (Å²) in [5, 5.41) is 0.577. The Kier molecular flexibility index (Phi) is 2.89. The molecule has 1 aromatic heterocycles. The molecule has 0 fully saturated rings. The normalized spacial score (nSPS) is 14.3. The molecule has 1 aliphatic rings. The first-order valence-electron chi connectivity index (χ1n) is 5.70. The lowest BCUT2D eigenvalue weighted by Crippen LogP contribution is -2.24. The summed E-state index contributed by atoms with van der Waals surface area (Å²) in [5.74, 6) is 0.520. The second-order valence-corrected chi connectivity index (χ2v) is 4.53. The maximum Gasteiger partial charge on any atom is 0.256 e. The molecule has 0 saturated carbocycles. The highest BCUT2D eigenvalue weighted by Crippen LogP contribution is 2.24. The van der Waals surface area contributed by atoms with Gasteiger partial charge in [-0.3, -0.25) is 4.79 Å². The molecule has 3 rings (SSSR count). The molecule has 4 nitrogen and oxygen atoms in total. The van der Waals surface area contributed by atoms with Crippen LogP contribution >= 0.6 is 11.6 Å². The van der Waals surface area contributed by atoms with E-state index in [4.69, 9.17) is 16.3 Å². The fourth-order valence-corrected chi connectivity index (χ4v) is 2.25. The van der Waals surface area contributed by atoms with Gasteiger partial charge in [0.2, 0.25) is 0 Å². The van der Waals surface area contributed by atoms with E-state index in [-0.39, 0.29) is 5.56 Å². The molecular weight excluding hydrogens is 252 g/mol. The van der Waals surface area contributed by atoms with Crippen molar-refractivity contribution in [2.75, 3.05) is 6.61 Å². The molecule has 1 aliphatic heterocycles. The molecule has 92 valence electrons. The highest BCUT2D eigenvalue weighted by Gasteiger charge is 2.17. The van der Waals surface area contributed by atoms with Crippen LogP contribution in [0.5, 0.6) is 0 Å². The minimum absolute atomic E-state index is 0.144. The number of nitrogens with zero attached hydrogens (tertiary/aromatic N) is 1. The average molecular weight is 263 g/mol. The van der Waals surface area contributed by atoms with Gasteiger partial charge in [-0.1, -0.05) is 23.7 Å². The number of aromatic nitrogens is 2. The number of halogens is 1. The van der Waals surface area contributed by atoms with Gasteiger partial charge in [-0.2, -0.15) is 0 Å². The molecule has 0 amide bonds. The largest absolute Gasteiger partial charge is 0.376 e. The van der Waals surface area contributed by atoms with Crippen molar-refractivity contribution in [3.05, 3.63) is 50.9 Å². The second kappa shape index (κ2) is 4.55. The van der Waals surface area contributed by atoms with Crippen LogP contribution in [0.3, 0.4) is 0 Å². The Bertz CT molecular complexity index is 652. The molecule has 0 atom stereocenters. The zero-order chi connectivity index (χ0) is 12.5. The van der Waals surface area contributed by atoms with Crippen LogP contribution in [0.15, 0.2) is 29.1 Å². The number of ether oxygens (including phenoxy) is 1. The van der Waals surface area contributed by atoms with E-state index >= 15 is 0 Å². The summed E-state index contributed by atoms with van der Waals surface area (Å²) in [6, 6.07) is 7.33. The van der Waals surface area contributed by atoms with Crippen LogP contribution < -0.4 is 5.56 Å². The summed E-state index contributed by atoms with van der Waals surface area (Å²) in [6.07, 6.45) is 0.663. The number of benzene rings is 1. The number of nitrogens with one attached hydrogen (secondary N) is 1. The van der Waals surface area contributed by atoms with Crippen LogP contribution in [0.2, 0.25) is 5.02 Å². The number of aromatic amines is 1. The number of hydrogen-bond donors (Lipinski definition) is 1. The lowest BCUT2D eigenvalue weighted by Gasteiger charge is -2.15. The van der Waals surface area contributed by atoms with Crippen molar-refractivity contribution in [2.45, 2.75) is 13.0 Å². The summed E-state index contributed by atoms with van der Waals surface area (Å²) < 4.78 is 5.26. The van der Waals surface area contributed by atoms with E-state index in [0.717, 1.165) is 11.3 Å². The third kappa shape index (κ3) is 1.94. The first kappa shape index (κ1) is 11.4. The Morgan fingerprint density at radius 2 is 2.17 bits per heavy atom. The molecule has 2 heterocycles. The van der Waals surface area contributed by atoms with E-state index in [0.29, 0.717) is 36.0 Å². The molecular formula is C13H11ClN2O2. The van der Waals surface area contributed by atoms with Crippen molar-refractivity contribution < 1.29 is 4.74 Å². The number of rotatable bonds is 1. The van der Waals surface area contributed by atoms with Crippen molar-refractivity contribution in [3.63, 3.8) is 0 Å². The molecule has 0 bridgehead atoms. The van der Waals surface area contributed by atoms with Crippen molar-refractivity contribution in [1.29, 1.82) is 0 Å². The minimum atomic E-state index is -0.144. The fourth-order valence-electron chi connectivity index (χ4n) is 2.02. The van der Waals surface area contributed by atoms with Gasteiger partial charge in [-0.15, -0.1) is 0 Å². The molecule has 0 saturated heterocycles. The van der Waals surface area contributed by atoms with Gasteiger partial charge in [0, 0.05) is 12.0 Å². The molecule has 18 heavy (non-hydrogen) atoms. The molecule has 0 aliphatic carbocycles. The highest BCUT2D eigenvalue weighted by molar-refractivity contribution is 6.33. The van der Waals surface area contributed by atoms with E-state index in [2.05, 4.69) is 9.97 Å². The van der Waals surface area contributed by atoms with Gasteiger partial charge in [-0.25, -0.2) is 4.98 Å². The van der Waals surface area contributed by atoms with Gasteiger partial charge in [0.05, 0.1) is 29.5 Å². The standard InChI is InChI=1S/C13H11ClN2O2/c14-10-4-2-1-3-8(10)12-15-11-5-6-18-7-9(11)13(17)16-12/h1-4H,5-7H2,(H,15,16,17). The van der Waals surface area contributed by atoms with Crippen LogP contribution in [0.25, 0.3) is 11.4 Å². The van der Waals surface area contributed by atoms with Crippen molar-refractivity contribution in [2.24, 2.45) is 0 Å². The third-order valence-corrected chi connectivity index (χ3v) is 3.29. The zero-order valence-corrected chi connectivity index (χ0v) is 10.3. The predicted molar refractivity (Wildman–Crippen MR) is 68.7 cm³/mol. The Hall–Kier alpha value is -1.65. The number of hydrogen-bond acceptors (Lipinski definition) is 3. The van der Waals surface area contributed by atoms with Crippen LogP contribution in [-0.4, -0.2) is 16.6 Å². The summed E-state index contributed by atoms with van der Waals surface area (Å²) in [7, 11) is 0. The topological polar surface area (TPSA) is 55.0 Å². The molecule has 1 N–H and O–H groups in total. The third-order valence-electron chi connectivity index (χ3n) is 2.96. The van der Waals surface area contributed by atoms with Crippen LogP contribution in [0.4, 0.5) is 0 Å². The smallest absolute Gasteiger partial charge is 0.256 e. The van der Waals surface area contributed by atoms with E-state index in [1.165, 1.54) is 0 Å². The van der Waals surface area contributed by atoms with Gasteiger partial charge in [-0.05, 0) is 12.1 Å². The van der Waals surface area contributed by atoms with Gasteiger partial charge in [0.1, 0.15) is 5.82 Å². The van der Waals surface area contributed by atoms with Crippen LogP contribution in [0, 0.1) is 0 Å². The Balaban J connectivity index is 2.17. The zero-order valence-electron chi connectivity index (χ0n) is 9.57. The van der Waals surface area contributed by atoms with Gasteiger partial charge < -0.3 is 9.72 Å². The van der Waals surface area contributed by atoms with Gasteiger partial charge >= 0.3 is 0 Å². The quantitative estimate of drug-likeness (QED) is 0.857. The van der Waals surface area contributed by atoms with Crippen molar-refractivity contribution in [3.8, 4) is 11.4 Å². The average Bonchev–Trinajstić information content (AvgIpc) is 2.39. The Morgan fingerprint density at radius 1 is 1.33 bits per heavy atom. The van der Waals surface area contributed by atoms with E-state index in [1.54, 1.807) is 6.07 Å².